The van der Waals surface area contributed by atoms with Gasteiger partial charge in [0, 0.05) is 27.6 Å². The topological polar surface area (TPSA) is 48.4 Å². The average molecular weight is 216 g/mol. The van der Waals surface area contributed by atoms with Gasteiger partial charge in [0.15, 0.2) is 0 Å². The van der Waals surface area contributed by atoms with Crippen molar-refractivity contribution in [2.75, 3.05) is 0 Å². The van der Waals surface area contributed by atoms with Crippen LogP contribution in [0.2, 0.25) is 0 Å². The van der Waals surface area contributed by atoms with Gasteiger partial charge in [0.25, 0.3) is 0 Å². The van der Waals surface area contributed by atoms with Gasteiger partial charge in [-0.2, -0.15) is 0 Å². The van der Waals surface area contributed by atoms with Crippen LogP contribution in [0.3, 0.4) is 0 Å². The molecule has 3 nitrogen and oxygen atoms in total. The maximum Gasteiger partial charge on any atom is 0.0758 e. The molecule has 0 aliphatic rings. The first-order chi connectivity index (χ1) is 7.54. The molecule has 0 bridgehead atoms. The highest BCUT2D eigenvalue weighted by atomic mass is 16.4. The third-order valence-corrected chi connectivity index (χ3v) is 2.68. The van der Waals surface area contributed by atoms with E-state index < -0.39 is 0 Å². The smallest absolute Gasteiger partial charge is 0.0758 e. The number of oxime groups is 1. The molecule has 0 aliphatic heterocycles. The van der Waals surface area contributed by atoms with Gasteiger partial charge in [0.1, 0.15) is 0 Å². The zero-order valence-corrected chi connectivity index (χ0v) is 9.78. The summed E-state index contributed by atoms with van der Waals surface area (Å²) >= 11 is 0. The molecule has 0 unspecified atom stereocenters. The molecule has 1 heterocycles. The molecule has 0 amide bonds. The SMILES string of the molecule is CC(C)(C)c1[nH]c2ccccc2c1C=NO. The average Bonchev–Trinajstić information content (AvgIpc) is 2.58. The first kappa shape index (κ1) is 10.7. The van der Waals surface area contributed by atoms with E-state index in [1.807, 2.05) is 24.3 Å². The van der Waals surface area contributed by atoms with Gasteiger partial charge in [-0.3, -0.25) is 0 Å². The van der Waals surface area contributed by atoms with Crippen LogP contribution in [0, 0.1) is 0 Å². The Labute approximate surface area is 94.8 Å². The Hall–Kier alpha value is -1.77. The van der Waals surface area contributed by atoms with Crippen molar-refractivity contribution in [3.63, 3.8) is 0 Å². The lowest BCUT2D eigenvalue weighted by atomic mass is 9.89. The zero-order valence-electron chi connectivity index (χ0n) is 9.78. The summed E-state index contributed by atoms with van der Waals surface area (Å²) in [5.74, 6) is 0. The van der Waals surface area contributed by atoms with Gasteiger partial charge in [-0.15, -0.1) is 0 Å². The van der Waals surface area contributed by atoms with Gasteiger partial charge in [-0.25, -0.2) is 0 Å². The minimum atomic E-state index is -0.00442. The maximum atomic E-state index is 8.74. The lowest BCUT2D eigenvalue weighted by Gasteiger charge is -2.17. The first-order valence-electron chi connectivity index (χ1n) is 5.32. The Morgan fingerprint density at radius 1 is 1.25 bits per heavy atom. The molecule has 16 heavy (non-hydrogen) atoms. The summed E-state index contributed by atoms with van der Waals surface area (Å²) in [7, 11) is 0. The van der Waals surface area contributed by atoms with Crippen molar-refractivity contribution in [1.29, 1.82) is 0 Å². The number of hydrogen-bond donors (Lipinski definition) is 2. The van der Waals surface area contributed by atoms with Crippen LogP contribution in [0.15, 0.2) is 29.4 Å². The predicted octanol–water partition coefficient (Wildman–Crippen LogP) is 3.27. The van der Waals surface area contributed by atoms with Crippen LogP contribution >= 0.6 is 0 Å². The van der Waals surface area contributed by atoms with Gasteiger partial charge in [0.05, 0.1) is 6.21 Å². The molecule has 2 rings (SSSR count). The molecular weight excluding hydrogens is 200 g/mol. The molecule has 2 aromatic rings. The summed E-state index contributed by atoms with van der Waals surface area (Å²) in [6.07, 6.45) is 1.50. The number of nitrogens with zero attached hydrogens (tertiary/aromatic N) is 1. The van der Waals surface area contributed by atoms with Gasteiger partial charge in [-0.05, 0) is 6.07 Å². The Morgan fingerprint density at radius 2 is 1.94 bits per heavy atom. The minimum Gasteiger partial charge on any atom is -0.411 e. The molecular formula is C13H16N2O. The second kappa shape index (κ2) is 3.67. The molecule has 0 spiro atoms. The van der Waals surface area contributed by atoms with E-state index in [-0.39, 0.29) is 5.41 Å². The molecule has 0 saturated carbocycles. The highest BCUT2D eigenvalue weighted by Crippen LogP contribution is 2.29. The fraction of sp³-hybridized carbons (Fsp3) is 0.308. The number of hydrogen-bond acceptors (Lipinski definition) is 2. The Kier molecular flexibility index (Phi) is 2.46. The quantitative estimate of drug-likeness (QED) is 0.429. The second-order valence-corrected chi connectivity index (χ2v) is 4.95. The highest BCUT2D eigenvalue weighted by Gasteiger charge is 2.21. The van der Waals surface area contributed by atoms with Crippen LogP contribution in [-0.4, -0.2) is 16.4 Å². The van der Waals surface area contributed by atoms with Crippen LogP contribution in [0.4, 0.5) is 0 Å². The van der Waals surface area contributed by atoms with Gasteiger partial charge in [0.2, 0.25) is 0 Å². The number of nitrogens with one attached hydrogen (secondary N) is 1. The molecule has 0 aliphatic carbocycles. The fourth-order valence-electron chi connectivity index (χ4n) is 1.95. The van der Waals surface area contributed by atoms with E-state index in [2.05, 4.69) is 30.9 Å². The Balaban J connectivity index is 2.78. The standard InChI is InChI=1S/C13H16N2O/c1-13(2,3)12-10(8-14-16)9-6-4-5-7-11(9)15-12/h4-8,15-16H,1-3H3. The van der Waals surface area contributed by atoms with Crippen LogP contribution < -0.4 is 0 Å². The van der Waals surface area contributed by atoms with Crippen molar-refractivity contribution in [3.8, 4) is 0 Å². The third-order valence-electron chi connectivity index (χ3n) is 2.68. The molecule has 1 aromatic heterocycles. The van der Waals surface area contributed by atoms with Crippen molar-refractivity contribution < 1.29 is 5.21 Å². The molecule has 84 valence electrons. The lowest BCUT2D eigenvalue weighted by molar-refractivity contribution is 0.322. The summed E-state index contributed by atoms with van der Waals surface area (Å²) < 4.78 is 0. The van der Waals surface area contributed by atoms with Crippen molar-refractivity contribution in [1.82, 2.24) is 4.98 Å². The van der Waals surface area contributed by atoms with Crippen LogP contribution in [-0.2, 0) is 5.41 Å². The number of rotatable bonds is 1. The largest absolute Gasteiger partial charge is 0.411 e. The number of H-pyrrole nitrogens is 1. The van der Waals surface area contributed by atoms with E-state index >= 15 is 0 Å². The molecule has 2 N–H and O–H groups in total. The number of fused-ring (bicyclic) bond motifs is 1. The number of para-hydroxylation sites is 1. The van der Waals surface area contributed by atoms with E-state index in [0.29, 0.717) is 0 Å². The lowest BCUT2D eigenvalue weighted by Crippen LogP contribution is -2.14. The van der Waals surface area contributed by atoms with E-state index in [4.69, 9.17) is 5.21 Å². The number of aromatic nitrogens is 1. The molecule has 3 heteroatoms. The molecule has 0 radical (unpaired) electrons. The van der Waals surface area contributed by atoms with Crippen molar-refractivity contribution in [2.24, 2.45) is 5.16 Å². The molecule has 0 saturated heterocycles. The van der Waals surface area contributed by atoms with Crippen LogP contribution in [0.1, 0.15) is 32.0 Å². The summed E-state index contributed by atoms with van der Waals surface area (Å²) in [5, 5.41) is 13.0. The zero-order chi connectivity index (χ0) is 11.8. The van der Waals surface area contributed by atoms with Crippen molar-refractivity contribution >= 4 is 17.1 Å². The van der Waals surface area contributed by atoms with Crippen LogP contribution in [0.25, 0.3) is 10.9 Å². The monoisotopic (exact) mass is 216 g/mol. The highest BCUT2D eigenvalue weighted by molar-refractivity contribution is 6.00. The minimum absolute atomic E-state index is 0.00442. The summed E-state index contributed by atoms with van der Waals surface area (Å²) in [4.78, 5) is 3.39. The van der Waals surface area contributed by atoms with Crippen LogP contribution in [0.5, 0.6) is 0 Å². The second-order valence-electron chi connectivity index (χ2n) is 4.95. The van der Waals surface area contributed by atoms with Gasteiger partial charge in [-0.1, -0.05) is 44.1 Å². The van der Waals surface area contributed by atoms with Gasteiger partial charge >= 0.3 is 0 Å². The first-order valence-corrected chi connectivity index (χ1v) is 5.32. The van der Waals surface area contributed by atoms with Crippen molar-refractivity contribution in [2.45, 2.75) is 26.2 Å². The Morgan fingerprint density at radius 3 is 2.56 bits per heavy atom. The normalized spacial score (nSPS) is 12.7. The summed E-state index contributed by atoms with van der Waals surface area (Å²) in [6, 6.07) is 8.03. The van der Waals surface area contributed by atoms with E-state index in [9.17, 15) is 0 Å². The molecule has 1 aromatic carbocycles. The number of benzene rings is 1. The third kappa shape index (κ3) is 1.69. The summed E-state index contributed by atoms with van der Waals surface area (Å²) in [5.41, 5.74) is 3.12. The van der Waals surface area contributed by atoms with Gasteiger partial charge < -0.3 is 10.2 Å². The predicted molar refractivity (Wildman–Crippen MR) is 66.4 cm³/mol. The summed E-state index contributed by atoms with van der Waals surface area (Å²) in [6.45, 7) is 6.39. The van der Waals surface area contributed by atoms with E-state index in [0.717, 1.165) is 22.2 Å². The Bertz CT molecular complexity index is 532. The van der Waals surface area contributed by atoms with E-state index in [1.165, 1.54) is 6.21 Å². The molecule has 0 fully saturated rings. The maximum absolute atomic E-state index is 8.74. The number of aromatic amines is 1. The van der Waals surface area contributed by atoms with E-state index in [1.54, 1.807) is 0 Å². The van der Waals surface area contributed by atoms with Crippen molar-refractivity contribution in [3.05, 3.63) is 35.5 Å². The molecule has 0 atom stereocenters. The fourth-order valence-corrected chi connectivity index (χ4v) is 1.95.